The summed E-state index contributed by atoms with van der Waals surface area (Å²) in [7, 11) is 0. The molecule has 6 aromatic carbocycles. The molecule has 0 saturated carbocycles. The molecule has 0 atom stereocenters. The van der Waals surface area contributed by atoms with Crippen molar-refractivity contribution in [2.24, 2.45) is 0 Å². The Bertz CT molecular complexity index is 2580. The fraction of sp³-hybridized carbons (Fsp3) is 0. The van der Waals surface area contributed by atoms with Gasteiger partial charge in [-0.15, -0.1) is 0 Å². The van der Waals surface area contributed by atoms with Crippen LogP contribution in [0.5, 0.6) is 0 Å². The van der Waals surface area contributed by atoms with E-state index in [1.54, 1.807) is 0 Å². The van der Waals surface area contributed by atoms with E-state index >= 15 is 0 Å². The molecule has 2 nitrogen and oxygen atoms in total. The monoisotopic (exact) mass is 612 g/mol. The van der Waals surface area contributed by atoms with E-state index in [1.807, 2.05) is 66.9 Å². The number of hydrogen-bond acceptors (Lipinski definition) is 1. The molecule has 0 aliphatic rings. The predicted molar refractivity (Wildman–Crippen MR) is 206 cm³/mol. The largest absolute Gasteiger partial charge is 0.256 e. The Morgan fingerprint density at radius 2 is 1.19 bits per heavy atom. The zero-order valence-electron chi connectivity index (χ0n) is 26.6. The molecule has 1 aromatic heterocycles. The van der Waals surface area contributed by atoms with Crippen LogP contribution >= 0.6 is 0 Å². The molecule has 48 heavy (non-hydrogen) atoms. The third-order valence-corrected chi connectivity index (χ3v) is 9.02. The lowest BCUT2D eigenvalue weighted by Gasteiger charge is -2.19. The smallest absolute Gasteiger partial charge is 0.194 e. The normalized spacial score (nSPS) is 11.4. The zero-order chi connectivity index (χ0) is 33.2. The molecule has 0 radical (unpaired) electrons. The highest BCUT2D eigenvalue weighted by Gasteiger charge is 2.20. The second-order valence-corrected chi connectivity index (χ2v) is 11.6. The molecule has 0 fully saturated rings. The lowest BCUT2D eigenvalue weighted by molar-refractivity contribution is 1.31. The fourth-order valence-corrected chi connectivity index (χ4v) is 6.77. The molecular formula is C46H32N2. The van der Waals surface area contributed by atoms with Gasteiger partial charge in [-0.3, -0.25) is 4.98 Å². The van der Waals surface area contributed by atoms with Crippen molar-refractivity contribution in [3.63, 3.8) is 0 Å². The van der Waals surface area contributed by atoms with Crippen molar-refractivity contribution in [1.29, 1.82) is 0 Å². The lowest BCUT2D eigenvalue weighted by atomic mass is 9.85. The van der Waals surface area contributed by atoms with Gasteiger partial charge in [0.05, 0.1) is 12.3 Å². The molecule has 0 aliphatic heterocycles. The summed E-state index contributed by atoms with van der Waals surface area (Å²) < 4.78 is 0. The quantitative estimate of drug-likeness (QED) is 0.0994. The molecular weight excluding hydrogens is 581 g/mol. The van der Waals surface area contributed by atoms with E-state index in [0.717, 1.165) is 87.4 Å². The van der Waals surface area contributed by atoms with Crippen LogP contribution in [0, 0.1) is 6.57 Å². The third-order valence-electron chi connectivity index (χ3n) is 9.02. The molecule has 7 aromatic rings. The number of fused-ring (bicyclic) bond motifs is 3. The number of aromatic nitrogens is 1. The van der Waals surface area contributed by atoms with E-state index in [-0.39, 0.29) is 0 Å². The third kappa shape index (κ3) is 5.05. The maximum Gasteiger partial charge on any atom is 0.194 e. The number of nitrogens with zero attached hydrogens (tertiary/aromatic N) is 2. The Hall–Kier alpha value is -6.56. The minimum Gasteiger partial charge on any atom is -0.256 e. The topological polar surface area (TPSA) is 17.2 Å². The van der Waals surface area contributed by atoms with Crippen LogP contribution in [0.2, 0.25) is 0 Å². The lowest BCUT2D eigenvalue weighted by Crippen LogP contribution is -2.22. The van der Waals surface area contributed by atoms with Crippen molar-refractivity contribution in [3.8, 4) is 22.4 Å². The van der Waals surface area contributed by atoms with Gasteiger partial charge in [-0.1, -0.05) is 154 Å². The van der Waals surface area contributed by atoms with E-state index in [1.165, 1.54) is 0 Å². The maximum absolute atomic E-state index is 7.78. The Balaban J connectivity index is 1.60. The average Bonchev–Trinajstić information content (AvgIpc) is 3.13. The van der Waals surface area contributed by atoms with Crippen LogP contribution < -0.4 is 10.4 Å². The molecule has 0 N–H and O–H groups in total. The van der Waals surface area contributed by atoms with E-state index < -0.39 is 0 Å². The van der Waals surface area contributed by atoms with Gasteiger partial charge in [-0.05, 0) is 82.7 Å². The van der Waals surface area contributed by atoms with Gasteiger partial charge in [0.2, 0.25) is 0 Å². The highest BCUT2D eigenvalue weighted by molar-refractivity contribution is 6.23. The molecule has 7 rings (SSSR count). The van der Waals surface area contributed by atoms with Gasteiger partial charge in [0.25, 0.3) is 0 Å². The Morgan fingerprint density at radius 3 is 1.77 bits per heavy atom. The minimum atomic E-state index is 0.652. The summed E-state index contributed by atoms with van der Waals surface area (Å²) in [5.74, 6) is 0. The second-order valence-electron chi connectivity index (χ2n) is 11.6. The minimum absolute atomic E-state index is 0.652. The zero-order valence-corrected chi connectivity index (χ0v) is 26.6. The number of pyridine rings is 1. The summed E-state index contributed by atoms with van der Waals surface area (Å²) in [6.07, 6.45) is 9.55. The number of allylic oxidation sites excluding steroid dienone is 5. The average molecular weight is 613 g/mol. The van der Waals surface area contributed by atoms with Crippen LogP contribution in [-0.4, -0.2) is 4.98 Å². The summed E-state index contributed by atoms with van der Waals surface area (Å²) in [5, 5.41) is 8.40. The molecule has 2 heteroatoms. The SMILES string of the molecule is [C-]#[N+]c1ccc(-c2c3ccccc3c(-c3cc(C(C=C)=C(C=C)C=C)c(/C=c4/ccccc4=C)cn3)c3ccccc23)c2ccccc12. The molecule has 0 spiro atoms. The number of rotatable bonds is 7. The maximum atomic E-state index is 7.78. The van der Waals surface area contributed by atoms with Crippen molar-refractivity contribution in [1.82, 2.24) is 4.98 Å². The number of benzene rings is 6. The standard InChI is InChI=1S/C46H32N2/c1-6-31(7-2)34(8-3)42-28-44(48-29-33(42)27-32-18-10-9-17-30(32)4)46-39-23-15-13-21-37(39)45(38-22-14-16-24-40(38)46)41-25-26-43(47-5)36-20-12-11-19-35(36)41/h6-29H,1-4H2/b32-27-. The van der Waals surface area contributed by atoms with Gasteiger partial charge >= 0.3 is 0 Å². The van der Waals surface area contributed by atoms with Crippen LogP contribution in [-0.2, 0) is 0 Å². The highest BCUT2D eigenvalue weighted by atomic mass is 14.7. The van der Waals surface area contributed by atoms with E-state index in [4.69, 9.17) is 11.6 Å². The highest BCUT2D eigenvalue weighted by Crippen LogP contribution is 2.46. The Morgan fingerprint density at radius 1 is 0.625 bits per heavy atom. The number of hydrogen-bond donors (Lipinski definition) is 0. The summed E-state index contributed by atoms with van der Waals surface area (Å²) in [4.78, 5) is 8.96. The van der Waals surface area contributed by atoms with Gasteiger partial charge < -0.3 is 0 Å². The molecule has 0 amide bonds. The van der Waals surface area contributed by atoms with Crippen molar-refractivity contribution in [2.75, 3.05) is 0 Å². The molecule has 1 heterocycles. The molecule has 0 unspecified atom stereocenters. The first-order chi connectivity index (χ1) is 23.6. The van der Waals surface area contributed by atoms with Crippen LogP contribution in [0.1, 0.15) is 11.1 Å². The van der Waals surface area contributed by atoms with Gasteiger partial charge in [0.15, 0.2) is 5.69 Å². The first-order valence-electron chi connectivity index (χ1n) is 15.8. The van der Waals surface area contributed by atoms with Crippen molar-refractivity contribution >= 4 is 56.2 Å². The summed E-state index contributed by atoms with van der Waals surface area (Å²) in [6.45, 7) is 24.3. The molecule has 0 saturated heterocycles. The Kier molecular flexibility index (Phi) is 7.95. The Labute approximate surface area is 280 Å². The van der Waals surface area contributed by atoms with Crippen molar-refractivity contribution in [2.45, 2.75) is 0 Å². The molecule has 0 bridgehead atoms. The van der Waals surface area contributed by atoms with Crippen LogP contribution in [0.15, 0.2) is 165 Å². The summed E-state index contributed by atoms with van der Waals surface area (Å²) in [5.41, 5.74) is 8.53. The second kappa shape index (κ2) is 12.7. The van der Waals surface area contributed by atoms with Gasteiger partial charge in [0, 0.05) is 17.3 Å². The first-order valence-corrected chi connectivity index (χ1v) is 15.8. The van der Waals surface area contributed by atoms with Gasteiger partial charge in [0.1, 0.15) is 0 Å². The van der Waals surface area contributed by atoms with Gasteiger partial charge in [-0.2, -0.15) is 0 Å². The summed E-state index contributed by atoms with van der Waals surface area (Å²) in [6, 6.07) is 39.6. The fourth-order valence-electron chi connectivity index (χ4n) is 6.77. The van der Waals surface area contributed by atoms with Crippen molar-refractivity contribution in [3.05, 3.63) is 198 Å². The van der Waals surface area contributed by atoms with Crippen LogP contribution in [0.3, 0.4) is 0 Å². The van der Waals surface area contributed by atoms with Crippen LogP contribution in [0.4, 0.5) is 5.69 Å². The first kappa shape index (κ1) is 30.1. The van der Waals surface area contributed by atoms with Gasteiger partial charge in [-0.25, -0.2) is 4.85 Å². The van der Waals surface area contributed by atoms with Crippen LogP contribution in [0.25, 0.3) is 77.8 Å². The molecule has 226 valence electrons. The molecule has 0 aliphatic carbocycles. The van der Waals surface area contributed by atoms with E-state index in [9.17, 15) is 0 Å². The van der Waals surface area contributed by atoms with Crippen molar-refractivity contribution < 1.29 is 0 Å². The van der Waals surface area contributed by atoms with E-state index in [0.29, 0.717) is 5.69 Å². The van der Waals surface area contributed by atoms with E-state index in [2.05, 4.69) is 110 Å². The predicted octanol–water partition coefficient (Wildman–Crippen LogP) is 11.0. The summed E-state index contributed by atoms with van der Waals surface area (Å²) >= 11 is 0.